The summed E-state index contributed by atoms with van der Waals surface area (Å²) in [6.07, 6.45) is 4.42. The summed E-state index contributed by atoms with van der Waals surface area (Å²) in [6.45, 7) is 0. The van der Waals surface area contributed by atoms with Gasteiger partial charge in [0.25, 0.3) is 0 Å². The minimum atomic E-state index is 0.0994. The third-order valence-electron chi connectivity index (χ3n) is 2.91. The first-order valence-electron chi connectivity index (χ1n) is 5.82. The smallest absolute Gasteiger partial charge is 0.0640 e. The molecule has 1 atom stereocenters. The molecule has 0 spiro atoms. The molecular weight excluding hydrogens is 347 g/mol. The second-order valence-electron chi connectivity index (χ2n) is 4.20. The van der Waals surface area contributed by atoms with Crippen molar-refractivity contribution < 1.29 is 0 Å². The number of halogens is 3. The van der Waals surface area contributed by atoms with Gasteiger partial charge in [0, 0.05) is 22.9 Å². The van der Waals surface area contributed by atoms with Crippen molar-refractivity contribution in [3.05, 3.63) is 62.3 Å². The van der Waals surface area contributed by atoms with Gasteiger partial charge in [-0.1, -0.05) is 35.3 Å². The summed E-state index contributed by atoms with van der Waals surface area (Å²) in [5, 5.41) is 4.45. The Kier molecular flexibility index (Phi) is 5.22. The van der Waals surface area contributed by atoms with E-state index in [0.717, 1.165) is 22.0 Å². The number of pyridine rings is 1. The average molecular weight is 360 g/mol. The van der Waals surface area contributed by atoms with Crippen LogP contribution in [0.3, 0.4) is 0 Å². The summed E-state index contributed by atoms with van der Waals surface area (Å²) in [6, 6.07) is 7.84. The number of aromatic nitrogens is 1. The highest BCUT2D eigenvalue weighted by molar-refractivity contribution is 9.10. The number of hydrogen-bond donors (Lipinski definition) is 1. The van der Waals surface area contributed by atoms with E-state index in [1.807, 2.05) is 25.4 Å². The maximum atomic E-state index is 6.27. The van der Waals surface area contributed by atoms with E-state index in [1.165, 1.54) is 0 Å². The maximum Gasteiger partial charge on any atom is 0.0640 e. The van der Waals surface area contributed by atoms with Crippen molar-refractivity contribution in [1.29, 1.82) is 0 Å². The Balaban J connectivity index is 2.28. The zero-order valence-corrected chi connectivity index (χ0v) is 13.4. The molecule has 1 heterocycles. The Morgan fingerprint density at radius 1 is 1.32 bits per heavy atom. The molecule has 2 nitrogen and oxygen atoms in total. The van der Waals surface area contributed by atoms with E-state index >= 15 is 0 Å². The highest BCUT2D eigenvalue weighted by Gasteiger charge is 2.15. The third-order valence-corrected chi connectivity index (χ3v) is 4.17. The molecule has 5 heteroatoms. The molecule has 0 radical (unpaired) electrons. The number of benzene rings is 1. The van der Waals surface area contributed by atoms with Gasteiger partial charge in [0.05, 0.1) is 10.0 Å². The van der Waals surface area contributed by atoms with Gasteiger partial charge in [-0.3, -0.25) is 4.98 Å². The van der Waals surface area contributed by atoms with Gasteiger partial charge in [-0.25, -0.2) is 0 Å². The van der Waals surface area contributed by atoms with Gasteiger partial charge in [-0.05, 0) is 52.7 Å². The predicted octanol–water partition coefficient (Wildman–Crippen LogP) is 4.65. The summed E-state index contributed by atoms with van der Waals surface area (Å²) in [5.74, 6) is 0. The Labute approximate surface area is 131 Å². The molecule has 1 aromatic heterocycles. The van der Waals surface area contributed by atoms with Crippen LogP contribution in [0, 0.1) is 0 Å². The van der Waals surface area contributed by atoms with Crippen LogP contribution in [0.2, 0.25) is 10.0 Å². The van der Waals surface area contributed by atoms with Crippen LogP contribution >= 0.6 is 39.1 Å². The Bertz CT molecular complexity index is 575. The van der Waals surface area contributed by atoms with Crippen molar-refractivity contribution in [2.24, 2.45) is 0 Å². The van der Waals surface area contributed by atoms with E-state index in [4.69, 9.17) is 23.2 Å². The van der Waals surface area contributed by atoms with Gasteiger partial charge in [0.1, 0.15) is 0 Å². The molecule has 1 aromatic carbocycles. The first-order chi connectivity index (χ1) is 9.11. The monoisotopic (exact) mass is 358 g/mol. The normalized spacial score (nSPS) is 12.4. The third kappa shape index (κ3) is 3.69. The number of nitrogens with one attached hydrogen (secondary N) is 1. The van der Waals surface area contributed by atoms with Gasteiger partial charge in [-0.2, -0.15) is 0 Å². The van der Waals surface area contributed by atoms with Gasteiger partial charge in [-0.15, -0.1) is 0 Å². The van der Waals surface area contributed by atoms with Crippen LogP contribution < -0.4 is 5.32 Å². The summed E-state index contributed by atoms with van der Waals surface area (Å²) in [7, 11) is 1.91. The van der Waals surface area contributed by atoms with Crippen LogP contribution in [0.15, 0.2) is 41.1 Å². The molecule has 100 valence electrons. The highest BCUT2D eigenvalue weighted by Crippen LogP contribution is 2.31. The fourth-order valence-corrected chi connectivity index (χ4v) is 2.81. The first kappa shape index (κ1) is 14.8. The van der Waals surface area contributed by atoms with Crippen molar-refractivity contribution >= 4 is 39.1 Å². The lowest BCUT2D eigenvalue weighted by molar-refractivity contribution is 0.591. The Hall–Kier alpha value is -0.610. The number of nitrogens with zero attached hydrogens (tertiary/aromatic N) is 1. The summed E-state index contributed by atoms with van der Waals surface area (Å²) < 4.78 is 0.969. The standard InChI is InChI=1S/C14H13BrCl2N2/c1-18-13(6-9-5-10(15)8-19-7-9)11-3-2-4-12(16)14(11)17/h2-5,7-8,13,18H,6H2,1H3. The molecule has 1 unspecified atom stereocenters. The first-order valence-corrected chi connectivity index (χ1v) is 7.37. The van der Waals surface area contributed by atoms with Gasteiger partial charge < -0.3 is 5.32 Å². The second kappa shape index (κ2) is 6.71. The number of likely N-dealkylation sites (N-methyl/N-ethyl adjacent to an activating group) is 1. The van der Waals surface area contributed by atoms with Crippen molar-refractivity contribution in [3.8, 4) is 0 Å². The summed E-state index contributed by atoms with van der Waals surface area (Å²) in [5.41, 5.74) is 2.13. The molecule has 19 heavy (non-hydrogen) atoms. The second-order valence-corrected chi connectivity index (χ2v) is 5.90. The average Bonchev–Trinajstić information content (AvgIpc) is 2.40. The SMILES string of the molecule is CNC(Cc1cncc(Br)c1)c1cccc(Cl)c1Cl. The fraction of sp³-hybridized carbons (Fsp3) is 0.214. The Morgan fingerprint density at radius 2 is 2.11 bits per heavy atom. The molecule has 0 fully saturated rings. The van der Waals surface area contributed by atoms with Crippen LogP contribution in [0.4, 0.5) is 0 Å². The van der Waals surface area contributed by atoms with Crippen molar-refractivity contribution in [2.75, 3.05) is 7.05 Å². The van der Waals surface area contributed by atoms with E-state index in [-0.39, 0.29) is 6.04 Å². The van der Waals surface area contributed by atoms with Crippen molar-refractivity contribution in [3.63, 3.8) is 0 Å². The zero-order chi connectivity index (χ0) is 13.8. The van der Waals surface area contributed by atoms with Crippen molar-refractivity contribution in [2.45, 2.75) is 12.5 Å². The van der Waals surface area contributed by atoms with E-state index in [2.05, 4.69) is 32.3 Å². The van der Waals surface area contributed by atoms with Crippen LogP contribution in [-0.4, -0.2) is 12.0 Å². The molecule has 0 aliphatic rings. The van der Waals surface area contributed by atoms with E-state index in [9.17, 15) is 0 Å². The lowest BCUT2D eigenvalue weighted by atomic mass is 10.00. The van der Waals surface area contributed by atoms with Gasteiger partial charge in [0.2, 0.25) is 0 Å². The number of hydrogen-bond acceptors (Lipinski definition) is 2. The van der Waals surface area contributed by atoms with Crippen LogP contribution in [0.5, 0.6) is 0 Å². The quantitative estimate of drug-likeness (QED) is 0.859. The molecule has 2 aromatic rings. The fourth-order valence-electron chi connectivity index (χ4n) is 1.96. The molecule has 0 saturated carbocycles. The summed E-state index contributed by atoms with van der Waals surface area (Å²) >= 11 is 15.8. The topological polar surface area (TPSA) is 24.9 Å². The van der Waals surface area contributed by atoms with E-state index in [0.29, 0.717) is 10.0 Å². The van der Waals surface area contributed by atoms with Crippen LogP contribution in [-0.2, 0) is 6.42 Å². The number of rotatable bonds is 4. The van der Waals surface area contributed by atoms with E-state index < -0.39 is 0 Å². The minimum absolute atomic E-state index is 0.0994. The van der Waals surface area contributed by atoms with Crippen LogP contribution in [0.25, 0.3) is 0 Å². The molecular formula is C14H13BrCl2N2. The molecule has 0 amide bonds. The zero-order valence-electron chi connectivity index (χ0n) is 10.3. The molecule has 0 aliphatic heterocycles. The Morgan fingerprint density at radius 3 is 2.79 bits per heavy atom. The van der Waals surface area contributed by atoms with Gasteiger partial charge >= 0.3 is 0 Å². The maximum absolute atomic E-state index is 6.27. The molecule has 0 bridgehead atoms. The molecule has 1 N–H and O–H groups in total. The molecule has 0 saturated heterocycles. The van der Waals surface area contributed by atoms with E-state index in [1.54, 1.807) is 12.3 Å². The molecule has 2 rings (SSSR count). The lowest BCUT2D eigenvalue weighted by Crippen LogP contribution is -2.19. The van der Waals surface area contributed by atoms with Crippen LogP contribution in [0.1, 0.15) is 17.2 Å². The predicted molar refractivity (Wildman–Crippen MR) is 83.9 cm³/mol. The van der Waals surface area contributed by atoms with Crippen molar-refractivity contribution in [1.82, 2.24) is 10.3 Å². The lowest BCUT2D eigenvalue weighted by Gasteiger charge is -2.18. The van der Waals surface area contributed by atoms with Gasteiger partial charge in [0.15, 0.2) is 0 Å². The minimum Gasteiger partial charge on any atom is -0.313 e. The largest absolute Gasteiger partial charge is 0.313 e. The summed E-state index contributed by atoms with van der Waals surface area (Å²) in [4.78, 5) is 4.17. The highest BCUT2D eigenvalue weighted by atomic mass is 79.9. The molecule has 0 aliphatic carbocycles.